The molecule has 108 valence electrons. The van der Waals surface area contributed by atoms with Gasteiger partial charge in [-0.2, -0.15) is 8.42 Å². The minimum Gasteiger partial charge on any atom is -0.478 e. The molecule has 2 aromatic rings. The zero-order chi connectivity index (χ0) is 15.3. The van der Waals surface area contributed by atoms with E-state index >= 15 is 0 Å². The normalized spacial score (nSPS) is 11.4. The number of carboxylic acid groups (broad SMARTS) is 1. The summed E-state index contributed by atoms with van der Waals surface area (Å²) >= 11 is 0. The zero-order valence-corrected chi connectivity index (χ0v) is 11.7. The average Bonchev–Trinajstić information content (AvgIpc) is 2.46. The van der Waals surface area contributed by atoms with Gasteiger partial charge in [-0.05, 0) is 35.9 Å². The summed E-state index contributed by atoms with van der Waals surface area (Å²) in [4.78, 5) is 10.7. The van der Waals surface area contributed by atoms with Crippen molar-refractivity contribution in [3.8, 4) is 5.75 Å². The largest absolute Gasteiger partial charge is 0.478 e. The van der Waals surface area contributed by atoms with Gasteiger partial charge < -0.3 is 9.29 Å². The van der Waals surface area contributed by atoms with Gasteiger partial charge in [-0.1, -0.05) is 30.3 Å². The summed E-state index contributed by atoms with van der Waals surface area (Å²) in [6, 6.07) is 14.0. The second-order valence-corrected chi connectivity index (χ2v) is 5.54. The van der Waals surface area contributed by atoms with Crippen molar-refractivity contribution < 1.29 is 22.5 Å². The van der Waals surface area contributed by atoms with Gasteiger partial charge >= 0.3 is 16.1 Å². The van der Waals surface area contributed by atoms with Crippen LogP contribution in [0.25, 0.3) is 6.08 Å². The third-order valence-corrected chi connectivity index (χ3v) is 3.43. The fourth-order valence-corrected chi connectivity index (χ4v) is 2.30. The van der Waals surface area contributed by atoms with Crippen molar-refractivity contribution in [3.63, 3.8) is 0 Å². The maximum Gasteiger partial charge on any atom is 0.335 e. The zero-order valence-electron chi connectivity index (χ0n) is 10.8. The second kappa shape index (κ2) is 6.23. The van der Waals surface area contributed by atoms with Crippen LogP contribution in [0.3, 0.4) is 0 Å². The molecule has 21 heavy (non-hydrogen) atoms. The Morgan fingerprint density at radius 2 is 1.62 bits per heavy atom. The smallest absolute Gasteiger partial charge is 0.335 e. The first-order valence-electron chi connectivity index (χ1n) is 5.97. The number of hydrogen-bond donors (Lipinski definition) is 1. The number of carbonyl (C=O) groups is 1. The fourth-order valence-electron chi connectivity index (χ4n) is 1.54. The van der Waals surface area contributed by atoms with E-state index in [1.807, 2.05) is 6.07 Å². The van der Waals surface area contributed by atoms with Gasteiger partial charge in [-0.15, -0.1) is 0 Å². The predicted octanol–water partition coefficient (Wildman–Crippen LogP) is 2.76. The number of aromatic carboxylic acids is 1. The Kier molecular flexibility index (Phi) is 4.39. The highest BCUT2D eigenvalue weighted by molar-refractivity contribution is 7.90. The molecule has 6 heteroatoms. The summed E-state index contributed by atoms with van der Waals surface area (Å²) in [6.45, 7) is 0. The van der Waals surface area contributed by atoms with Gasteiger partial charge in [-0.25, -0.2) is 4.79 Å². The number of rotatable bonds is 5. The summed E-state index contributed by atoms with van der Waals surface area (Å²) in [5.41, 5.74) is 0.783. The Morgan fingerprint density at radius 3 is 2.19 bits per heavy atom. The van der Waals surface area contributed by atoms with Crippen LogP contribution in [0.1, 0.15) is 15.9 Å². The van der Waals surface area contributed by atoms with Crippen LogP contribution >= 0.6 is 0 Å². The molecule has 0 bridgehead atoms. The van der Waals surface area contributed by atoms with Crippen LogP contribution in [-0.4, -0.2) is 19.5 Å². The van der Waals surface area contributed by atoms with E-state index in [0.717, 1.165) is 11.0 Å². The van der Waals surface area contributed by atoms with Crippen LogP contribution in [0.2, 0.25) is 0 Å². The molecule has 0 unspecified atom stereocenters. The van der Waals surface area contributed by atoms with E-state index in [0.29, 0.717) is 0 Å². The van der Waals surface area contributed by atoms with Crippen LogP contribution in [-0.2, 0) is 10.1 Å². The maximum absolute atomic E-state index is 11.8. The van der Waals surface area contributed by atoms with E-state index in [2.05, 4.69) is 0 Å². The van der Waals surface area contributed by atoms with Crippen molar-refractivity contribution in [1.29, 1.82) is 0 Å². The monoisotopic (exact) mass is 304 g/mol. The molecular weight excluding hydrogens is 292 g/mol. The third kappa shape index (κ3) is 4.47. The van der Waals surface area contributed by atoms with Crippen molar-refractivity contribution >= 4 is 22.2 Å². The van der Waals surface area contributed by atoms with Gasteiger partial charge in [0.05, 0.1) is 11.0 Å². The molecule has 0 aliphatic carbocycles. The van der Waals surface area contributed by atoms with Crippen LogP contribution in [0.15, 0.2) is 60.0 Å². The number of carboxylic acids is 1. The average molecular weight is 304 g/mol. The van der Waals surface area contributed by atoms with E-state index in [1.165, 1.54) is 30.3 Å². The van der Waals surface area contributed by atoms with Gasteiger partial charge in [-0.3, -0.25) is 0 Å². The first-order valence-corrected chi connectivity index (χ1v) is 7.44. The lowest BCUT2D eigenvalue weighted by molar-refractivity contribution is 0.0697. The molecule has 0 aliphatic rings. The summed E-state index contributed by atoms with van der Waals surface area (Å²) in [6.07, 6.45) is 1.42. The van der Waals surface area contributed by atoms with Crippen LogP contribution < -0.4 is 4.18 Å². The number of hydrogen-bond acceptors (Lipinski definition) is 4. The molecule has 0 fully saturated rings. The van der Waals surface area contributed by atoms with Crippen molar-refractivity contribution in [1.82, 2.24) is 0 Å². The number of benzene rings is 2. The quantitative estimate of drug-likeness (QED) is 0.859. The molecule has 2 aromatic carbocycles. The van der Waals surface area contributed by atoms with E-state index in [9.17, 15) is 13.2 Å². The Hall–Kier alpha value is -2.60. The van der Waals surface area contributed by atoms with Gasteiger partial charge in [0.25, 0.3) is 0 Å². The third-order valence-electron chi connectivity index (χ3n) is 2.54. The highest BCUT2D eigenvalue weighted by Crippen LogP contribution is 2.15. The predicted molar refractivity (Wildman–Crippen MR) is 78.4 cm³/mol. The van der Waals surface area contributed by atoms with E-state index in [1.54, 1.807) is 24.3 Å². The lowest BCUT2D eigenvalue weighted by Gasteiger charge is -2.03. The van der Waals surface area contributed by atoms with Crippen molar-refractivity contribution in [2.45, 2.75) is 0 Å². The molecule has 5 nitrogen and oxygen atoms in total. The van der Waals surface area contributed by atoms with Crippen LogP contribution in [0, 0.1) is 0 Å². The highest BCUT2D eigenvalue weighted by Gasteiger charge is 2.09. The minimum absolute atomic E-state index is 0.0534. The molecule has 0 atom stereocenters. The van der Waals surface area contributed by atoms with E-state index < -0.39 is 16.1 Å². The molecule has 0 aliphatic heterocycles. The molecule has 0 saturated heterocycles. The van der Waals surface area contributed by atoms with Crippen molar-refractivity contribution in [2.24, 2.45) is 0 Å². The topological polar surface area (TPSA) is 80.7 Å². The van der Waals surface area contributed by atoms with Crippen molar-refractivity contribution in [3.05, 3.63) is 71.1 Å². The summed E-state index contributed by atoms with van der Waals surface area (Å²) < 4.78 is 28.4. The Balaban J connectivity index is 2.10. The highest BCUT2D eigenvalue weighted by atomic mass is 32.2. The molecule has 0 aromatic heterocycles. The molecule has 0 heterocycles. The maximum atomic E-state index is 11.8. The molecule has 1 N–H and O–H groups in total. The first-order chi connectivity index (χ1) is 9.96. The summed E-state index contributed by atoms with van der Waals surface area (Å²) in [7, 11) is -3.89. The molecule has 2 rings (SSSR count). The lowest BCUT2D eigenvalue weighted by Crippen LogP contribution is -2.05. The standard InChI is InChI=1S/C15H12O5S/c16-15(17)13-6-8-14(9-7-13)20-21(18,19)11-10-12-4-2-1-3-5-12/h1-11H,(H,16,17)/b11-10+. The van der Waals surface area contributed by atoms with Gasteiger partial charge in [0.2, 0.25) is 0 Å². The molecule has 0 radical (unpaired) electrons. The Morgan fingerprint density at radius 1 is 1.00 bits per heavy atom. The van der Waals surface area contributed by atoms with Gasteiger partial charge in [0.15, 0.2) is 0 Å². The van der Waals surface area contributed by atoms with Crippen LogP contribution in [0.4, 0.5) is 0 Å². The first kappa shape index (κ1) is 14.8. The molecule has 0 amide bonds. The van der Waals surface area contributed by atoms with Crippen molar-refractivity contribution in [2.75, 3.05) is 0 Å². The fraction of sp³-hybridized carbons (Fsp3) is 0. The summed E-state index contributed by atoms with van der Waals surface area (Å²) in [5, 5.41) is 9.70. The van der Waals surface area contributed by atoms with E-state index in [4.69, 9.17) is 9.29 Å². The van der Waals surface area contributed by atoms with Crippen LogP contribution in [0.5, 0.6) is 5.75 Å². The lowest BCUT2D eigenvalue weighted by atomic mass is 10.2. The Labute approximate surface area is 122 Å². The molecule has 0 spiro atoms. The SMILES string of the molecule is O=C(O)c1ccc(OS(=O)(=O)/C=C/c2ccccc2)cc1. The van der Waals surface area contributed by atoms with Gasteiger partial charge in [0.1, 0.15) is 5.75 Å². The Bertz CT molecular complexity index is 746. The van der Waals surface area contributed by atoms with E-state index in [-0.39, 0.29) is 11.3 Å². The molecular formula is C15H12O5S. The minimum atomic E-state index is -3.89. The molecule has 0 saturated carbocycles. The van der Waals surface area contributed by atoms with Gasteiger partial charge in [0, 0.05) is 0 Å². The second-order valence-electron chi connectivity index (χ2n) is 4.12. The summed E-state index contributed by atoms with van der Waals surface area (Å²) in [5.74, 6) is -1.04.